The topological polar surface area (TPSA) is 0 Å². The Hall–Kier alpha value is -3.64. The van der Waals surface area contributed by atoms with Crippen LogP contribution in [0.5, 0.6) is 0 Å². The molecule has 4 atom stereocenters. The van der Waals surface area contributed by atoms with Crippen molar-refractivity contribution in [3.05, 3.63) is 165 Å². The second-order valence-electron chi connectivity index (χ2n) is 12.0. The van der Waals surface area contributed by atoms with Crippen LogP contribution in [-0.4, -0.2) is 0 Å². The maximum absolute atomic E-state index is 2.48. The van der Waals surface area contributed by atoms with E-state index < -0.39 is 0 Å². The van der Waals surface area contributed by atoms with Crippen LogP contribution in [0.25, 0.3) is 0 Å². The van der Waals surface area contributed by atoms with E-state index in [4.69, 9.17) is 0 Å². The third-order valence-electron chi connectivity index (χ3n) is 11.1. The predicted octanol–water partition coefficient (Wildman–Crippen LogP) is 8.61. The van der Waals surface area contributed by atoms with E-state index in [-0.39, 0.29) is 21.7 Å². The van der Waals surface area contributed by atoms with E-state index in [2.05, 4.69) is 137 Å². The number of hydrogen-bond donors (Lipinski definition) is 0. The van der Waals surface area contributed by atoms with Gasteiger partial charge < -0.3 is 0 Å². The maximum atomic E-state index is 2.48. The fraction of sp³-hybridized carbons (Fsp3) is 0.222. The van der Waals surface area contributed by atoms with Crippen molar-refractivity contribution in [1.29, 1.82) is 0 Å². The fourth-order valence-corrected chi connectivity index (χ4v) is 8.41. The van der Waals surface area contributed by atoms with Crippen molar-refractivity contribution < 1.29 is 0 Å². The van der Waals surface area contributed by atoms with E-state index in [1.54, 1.807) is 0 Å². The van der Waals surface area contributed by atoms with Gasteiger partial charge in [0.1, 0.15) is 0 Å². The minimum absolute atomic E-state index is 0.0392. The van der Waals surface area contributed by atoms with E-state index in [0.717, 1.165) is 0 Å². The first-order valence-electron chi connectivity index (χ1n) is 13.2. The average Bonchev–Trinajstić information content (AvgIpc) is 2.86. The number of hydrogen-bond acceptors (Lipinski definition) is 0. The van der Waals surface area contributed by atoms with Crippen LogP contribution in [0.1, 0.15) is 27.7 Å². The highest BCUT2D eigenvalue weighted by Gasteiger charge is 2.59. The lowest BCUT2D eigenvalue weighted by Gasteiger charge is -2.58. The summed E-state index contributed by atoms with van der Waals surface area (Å²) in [7, 11) is 0. The van der Waals surface area contributed by atoms with Gasteiger partial charge in [-0.1, -0.05) is 131 Å². The van der Waals surface area contributed by atoms with Crippen molar-refractivity contribution in [2.75, 3.05) is 0 Å². The van der Waals surface area contributed by atoms with Crippen LogP contribution in [0.3, 0.4) is 0 Å². The Morgan fingerprint density at radius 3 is 1.58 bits per heavy atom. The smallest absolute Gasteiger partial charge is 0.0315 e. The van der Waals surface area contributed by atoms with Crippen LogP contribution in [0.2, 0.25) is 0 Å². The van der Waals surface area contributed by atoms with Crippen molar-refractivity contribution in [2.24, 2.45) is 21.7 Å². The highest BCUT2D eigenvalue weighted by atomic mass is 14.6. The zero-order chi connectivity index (χ0) is 24.5. The summed E-state index contributed by atoms with van der Waals surface area (Å²) >= 11 is 0. The van der Waals surface area contributed by atoms with Crippen LogP contribution in [0, 0.1) is 21.7 Å². The normalized spacial score (nSPS) is 39.7. The summed E-state index contributed by atoms with van der Waals surface area (Å²) in [6.45, 7) is 9.79. The van der Waals surface area contributed by atoms with E-state index in [0.29, 0.717) is 0 Å². The van der Waals surface area contributed by atoms with Gasteiger partial charge in [-0.3, -0.25) is 0 Å². The second-order valence-corrected chi connectivity index (χ2v) is 12.0. The molecule has 8 rings (SSSR count). The maximum Gasteiger partial charge on any atom is 0.0315 e. The zero-order valence-electron chi connectivity index (χ0n) is 21.4. The van der Waals surface area contributed by atoms with Crippen molar-refractivity contribution in [3.63, 3.8) is 0 Å². The van der Waals surface area contributed by atoms with Gasteiger partial charge in [0, 0.05) is 21.7 Å². The molecule has 0 fully saturated rings. The summed E-state index contributed by atoms with van der Waals surface area (Å²) in [5.74, 6) is 0. The predicted molar refractivity (Wildman–Crippen MR) is 150 cm³/mol. The minimum Gasteiger partial charge on any atom is -0.0617 e. The third-order valence-corrected chi connectivity index (χ3v) is 11.1. The molecule has 0 aliphatic heterocycles. The van der Waals surface area contributed by atoms with E-state index in [1.807, 2.05) is 0 Å². The molecular formula is C36H30. The molecule has 0 saturated carbocycles. The van der Waals surface area contributed by atoms with Gasteiger partial charge in [-0.15, -0.1) is 0 Å². The van der Waals surface area contributed by atoms with Crippen molar-refractivity contribution in [2.45, 2.75) is 27.7 Å². The Labute approximate surface area is 214 Å². The summed E-state index contributed by atoms with van der Waals surface area (Å²) in [5, 5.41) is 0. The Morgan fingerprint density at radius 1 is 0.389 bits per heavy atom. The Kier molecular flexibility index (Phi) is 3.53. The molecule has 0 amide bonds. The number of rotatable bonds is 1. The molecule has 0 aromatic rings. The summed E-state index contributed by atoms with van der Waals surface area (Å²) in [6, 6.07) is 0. The molecule has 0 saturated heterocycles. The Morgan fingerprint density at radius 2 is 0.861 bits per heavy atom. The SMILES string of the molecule is CC12C3=CC=CC1=CC=C1C=C(C4=CC5=CC=CC6=CC=C7C=CC=C4[C@@]7(C)[C@@]65C)C=C(C=C3)C12C. The van der Waals surface area contributed by atoms with Gasteiger partial charge in [-0.25, -0.2) is 0 Å². The summed E-state index contributed by atoms with van der Waals surface area (Å²) < 4.78 is 0. The quantitative estimate of drug-likeness (QED) is 0.366. The first-order chi connectivity index (χ1) is 17.3. The second kappa shape index (κ2) is 6.19. The van der Waals surface area contributed by atoms with Gasteiger partial charge in [0.05, 0.1) is 0 Å². The molecule has 36 heavy (non-hydrogen) atoms. The standard InChI is InChI=1S/C36H30/c1-33-24-8-5-9-25(33)17-19-30-21-23(20-29(18-16-24)35(30,33)3)31-22-28-12-6-10-26-14-15-27-11-7-13-32(31)36(27,4)34(26,28)2/h5-22H,1-4H3/t33?,34-,35?,36-/m0/s1. The Balaban J connectivity index is 1.39. The molecule has 0 radical (unpaired) electrons. The first kappa shape index (κ1) is 20.5. The lowest BCUT2D eigenvalue weighted by Crippen LogP contribution is -2.49. The van der Waals surface area contributed by atoms with Crippen molar-refractivity contribution in [1.82, 2.24) is 0 Å². The monoisotopic (exact) mass is 462 g/mol. The van der Waals surface area contributed by atoms with Crippen LogP contribution in [0.4, 0.5) is 0 Å². The lowest BCUT2D eigenvalue weighted by atomic mass is 9.44. The molecule has 0 nitrogen and oxygen atoms in total. The van der Waals surface area contributed by atoms with Gasteiger partial charge >= 0.3 is 0 Å². The molecule has 0 heteroatoms. The molecule has 0 bridgehead atoms. The zero-order valence-corrected chi connectivity index (χ0v) is 21.4. The summed E-state index contributed by atoms with van der Waals surface area (Å²) in [6.07, 6.45) is 42.1. The average molecular weight is 463 g/mol. The van der Waals surface area contributed by atoms with Gasteiger partial charge in [0.25, 0.3) is 0 Å². The third kappa shape index (κ3) is 1.97. The molecular weight excluding hydrogens is 432 g/mol. The van der Waals surface area contributed by atoms with E-state index >= 15 is 0 Å². The largest absolute Gasteiger partial charge is 0.0617 e. The van der Waals surface area contributed by atoms with Crippen LogP contribution >= 0.6 is 0 Å². The minimum atomic E-state index is -0.0981. The van der Waals surface area contributed by atoms with Gasteiger partial charge in [-0.2, -0.15) is 0 Å². The first-order valence-corrected chi connectivity index (χ1v) is 13.2. The summed E-state index contributed by atoms with van der Waals surface area (Å²) in [4.78, 5) is 0. The fourth-order valence-electron chi connectivity index (χ4n) is 8.41. The Bertz CT molecular complexity index is 1650. The molecule has 0 N–H and O–H groups in total. The lowest BCUT2D eigenvalue weighted by molar-refractivity contribution is 0.244. The van der Waals surface area contributed by atoms with Crippen molar-refractivity contribution >= 4 is 0 Å². The van der Waals surface area contributed by atoms with Crippen LogP contribution in [0.15, 0.2) is 165 Å². The molecule has 0 spiro atoms. The summed E-state index contributed by atoms with van der Waals surface area (Å²) in [5.41, 5.74) is 13.7. The van der Waals surface area contributed by atoms with Gasteiger partial charge in [-0.05, 0) is 61.8 Å². The number of allylic oxidation sites excluding steroid dienone is 28. The van der Waals surface area contributed by atoms with E-state index in [9.17, 15) is 0 Å². The molecule has 174 valence electrons. The van der Waals surface area contributed by atoms with Gasteiger partial charge in [0.15, 0.2) is 0 Å². The highest BCUT2D eigenvalue weighted by Crippen LogP contribution is 2.69. The van der Waals surface area contributed by atoms with E-state index in [1.165, 1.54) is 55.7 Å². The van der Waals surface area contributed by atoms with Crippen LogP contribution in [-0.2, 0) is 0 Å². The molecule has 0 aromatic carbocycles. The molecule has 8 aliphatic rings. The van der Waals surface area contributed by atoms with Crippen LogP contribution < -0.4 is 0 Å². The molecule has 8 aliphatic carbocycles. The van der Waals surface area contributed by atoms with Crippen molar-refractivity contribution in [3.8, 4) is 0 Å². The molecule has 2 unspecified atom stereocenters. The molecule has 0 heterocycles. The highest BCUT2D eigenvalue weighted by molar-refractivity contribution is 5.76. The molecule has 0 aromatic heterocycles. The van der Waals surface area contributed by atoms with Gasteiger partial charge in [0.2, 0.25) is 0 Å².